The summed E-state index contributed by atoms with van der Waals surface area (Å²) < 4.78 is 12.6. The smallest absolute Gasteiger partial charge is 0.172 e. The van der Waals surface area contributed by atoms with Crippen molar-refractivity contribution in [2.75, 3.05) is 31.2 Å². The van der Waals surface area contributed by atoms with Gasteiger partial charge in [-0.2, -0.15) is 15.8 Å². The first-order valence-corrected chi connectivity index (χ1v) is 15.4. The predicted octanol–water partition coefficient (Wildman–Crippen LogP) is 7.29. The van der Waals surface area contributed by atoms with Crippen LogP contribution in [-0.4, -0.2) is 37.0 Å². The van der Waals surface area contributed by atoms with E-state index in [2.05, 4.69) is 50.8 Å². The lowest BCUT2D eigenvalue weighted by atomic mass is 9.68. The molecule has 3 heterocycles. The Bertz CT molecular complexity index is 1480. The van der Waals surface area contributed by atoms with Crippen molar-refractivity contribution in [2.24, 2.45) is 0 Å². The molecule has 0 atom stereocenters. The number of aliphatic hydroxyl groups excluding tert-OH is 1. The van der Waals surface area contributed by atoms with Gasteiger partial charge in [-0.15, -0.1) is 0 Å². The zero-order chi connectivity index (χ0) is 31.4. The van der Waals surface area contributed by atoms with Gasteiger partial charge in [0.25, 0.3) is 0 Å². The molecule has 1 aromatic carbocycles. The fourth-order valence-electron chi connectivity index (χ4n) is 6.39. The van der Waals surface area contributed by atoms with Gasteiger partial charge in [0, 0.05) is 42.1 Å². The highest BCUT2D eigenvalue weighted by molar-refractivity contribution is 5.77. The maximum atomic E-state index is 9.87. The minimum atomic E-state index is -0.860. The molecule has 3 aliphatic heterocycles. The van der Waals surface area contributed by atoms with Gasteiger partial charge in [-0.25, -0.2) is 0 Å². The van der Waals surface area contributed by atoms with Crippen LogP contribution in [0.5, 0.6) is 5.75 Å². The third-order valence-electron chi connectivity index (χ3n) is 9.03. The fraction of sp³-hybridized carbons (Fsp3) is 0.528. The van der Waals surface area contributed by atoms with E-state index in [0.29, 0.717) is 12.2 Å². The summed E-state index contributed by atoms with van der Waals surface area (Å²) in [6.07, 6.45) is 13.7. The van der Waals surface area contributed by atoms with Gasteiger partial charge in [0.2, 0.25) is 0 Å². The number of anilines is 1. The zero-order valence-corrected chi connectivity index (χ0v) is 26.5. The molecule has 0 spiro atoms. The molecule has 0 unspecified atom stereocenters. The van der Waals surface area contributed by atoms with Gasteiger partial charge in [0.05, 0.1) is 6.61 Å². The van der Waals surface area contributed by atoms with Gasteiger partial charge >= 0.3 is 0 Å². The molecule has 43 heavy (non-hydrogen) atoms. The third-order valence-corrected chi connectivity index (χ3v) is 9.03. The van der Waals surface area contributed by atoms with E-state index in [-0.39, 0.29) is 34.3 Å². The maximum absolute atomic E-state index is 9.87. The largest absolute Gasteiger partial charge is 0.493 e. The van der Waals surface area contributed by atoms with E-state index >= 15 is 0 Å². The number of benzene rings is 1. The summed E-state index contributed by atoms with van der Waals surface area (Å²) in [6.45, 7) is 15.9. The summed E-state index contributed by atoms with van der Waals surface area (Å²) in [5.41, 5.74) is 4.78. The summed E-state index contributed by atoms with van der Waals surface area (Å²) in [5.74, 6) is 0.982. The number of aliphatic hydroxyl groups is 1. The fourth-order valence-corrected chi connectivity index (χ4v) is 6.39. The third kappa shape index (κ3) is 6.36. The molecular formula is C36H44N4O3. The molecule has 0 saturated carbocycles. The summed E-state index contributed by atoms with van der Waals surface area (Å²) in [6, 6.07) is 8.12. The molecule has 0 saturated heterocycles. The number of hydrogen-bond acceptors (Lipinski definition) is 7. The van der Waals surface area contributed by atoms with Crippen LogP contribution >= 0.6 is 0 Å². The summed E-state index contributed by atoms with van der Waals surface area (Å²) >= 11 is 0. The van der Waals surface area contributed by atoms with Crippen LogP contribution in [0.3, 0.4) is 0 Å². The van der Waals surface area contributed by atoms with Crippen LogP contribution in [-0.2, 0) is 15.6 Å². The number of nitrogens with zero attached hydrogens (tertiary/aromatic N) is 4. The van der Waals surface area contributed by atoms with E-state index in [1.165, 1.54) is 16.8 Å². The Morgan fingerprint density at radius 3 is 2.26 bits per heavy atom. The molecule has 0 fully saturated rings. The van der Waals surface area contributed by atoms with Gasteiger partial charge < -0.3 is 19.5 Å². The first kappa shape index (κ1) is 31.9. The predicted molar refractivity (Wildman–Crippen MR) is 169 cm³/mol. The number of ether oxygens (including phenoxy) is 2. The number of hydrogen-bond donors (Lipinski definition) is 1. The first-order valence-electron chi connectivity index (χ1n) is 15.4. The second-order valence-corrected chi connectivity index (χ2v) is 13.5. The Morgan fingerprint density at radius 1 is 0.953 bits per heavy atom. The van der Waals surface area contributed by atoms with Crippen LogP contribution in [0.15, 0.2) is 46.8 Å². The van der Waals surface area contributed by atoms with E-state index in [1.807, 2.05) is 44.2 Å². The van der Waals surface area contributed by atoms with Crippen molar-refractivity contribution in [3.05, 3.63) is 63.5 Å². The van der Waals surface area contributed by atoms with Crippen LogP contribution in [0.2, 0.25) is 0 Å². The second-order valence-electron chi connectivity index (χ2n) is 13.5. The Labute approximate surface area is 257 Å². The molecule has 3 aliphatic rings. The van der Waals surface area contributed by atoms with Gasteiger partial charge in [0.1, 0.15) is 35.1 Å². The summed E-state index contributed by atoms with van der Waals surface area (Å²) in [5, 5.41) is 37.7. The molecule has 0 aliphatic carbocycles. The number of unbranched alkanes of at least 4 members (excludes halogenated alkanes) is 3. The van der Waals surface area contributed by atoms with Gasteiger partial charge in [-0.3, -0.25) is 0 Å². The topological polar surface area (TPSA) is 113 Å². The average molecular weight is 581 g/mol. The van der Waals surface area contributed by atoms with E-state index in [4.69, 9.17) is 14.6 Å². The van der Waals surface area contributed by atoms with Gasteiger partial charge in [0.15, 0.2) is 11.3 Å². The molecule has 0 amide bonds. The van der Waals surface area contributed by atoms with Crippen LogP contribution in [0, 0.1) is 34.0 Å². The van der Waals surface area contributed by atoms with Crippen LogP contribution < -0.4 is 9.64 Å². The van der Waals surface area contributed by atoms with Crippen molar-refractivity contribution in [3.8, 4) is 24.0 Å². The van der Waals surface area contributed by atoms with Crippen molar-refractivity contribution in [1.29, 1.82) is 15.8 Å². The van der Waals surface area contributed by atoms with Crippen molar-refractivity contribution >= 4 is 11.8 Å². The van der Waals surface area contributed by atoms with Gasteiger partial charge in [-0.1, -0.05) is 58.4 Å². The molecule has 1 N–H and O–H groups in total. The van der Waals surface area contributed by atoms with Crippen molar-refractivity contribution < 1.29 is 14.6 Å². The quantitative estimate of drug-likeness (QED) is 0.176. The average Bonchev–Trinajstić information content (AvgIpc) is 3.21. The molecule has 7 heteroatoms. The molecular weight excluding hydrogens is 536 g/mol. The molecule has 0 radical (unpaired) electrons. The number of allylic oxidation sites excluding steroid dienone is 4. The highest BCUT2D eigenvalue weighted by Gasteiger charge is 2.43. The lowest BCUT2D eigenvalue weighted by molar-refractivity contribution is 0.0954. The Balaban J connectivity index is 1.77. The molecule has 4 rings (SSSR count). The van der Waals surface area contributed by atoms with E-state index in [9.17, 15) is 15.8 Å². The Kier molecular flexibility index (Phi) is 9.44. The van der Waals surface area contributed by atoms with Gasteiger partial charge in [-0.05, 0) is 68.4 Å². The summed E-state index contributed by atoms with van der Waals surface area (Å²) in [7, 11) is 0. The number of nitriles is 3. The Morgan fingerprint density at radius 2 is 1.60 bits per heavy atom. The van der Waals surface area contributed by atoms with Crippen molar-refractivity contribution in [3.63, 3.8) is 0 Å². The van der Waals surface area contributed by atoms with Crippen LogP contribution in [0.4, 0.5) is 5.69 Å². The minimum Gasteiger partial charge on any atom is -0.493 e. The summed E-state index contributed by atoms with van der Waals surface area (Å²) in [4.78, 5) is 2.54. The zero-order valence-electron chi connectivity index (χ0n) is 26.5. The molecule has 0 aromatic heterocycles. The van der Waals surface area contributed by atoms with Crippen molar-refractivity contribution in [2.45, 2.75) is 96.5 Å². The molecule has 226 valence electrons. The highest BCUT2D eigenvalue weighted by atomic mass is 16.5. The maximum Gasteiger partial charge on any atom is 0.172 e. The lowest BCUT2D eigenvalue weighted by Crippen LogP contribution is -2.45. The molecule has 7 nitrogen and oxygen atoms in total. The van der Waals surface area contributed by atoms with E-state index < -0.39 is 5.60 Å². The lowest BCUT2D eigenvalue weighted by Gasteiger charge is -2.49. The SMILES string of the molecule is CC1(C)OC(=C(C#N)C#N)C(C#N)=C1/C=C/C=C/c1cc2c3c(c1OCCCCCCO)C(C)(C)CCN3CCC2(C)C. The Hall–Kier alpha value is -3.99. The van der Waals surface area contributed by atoms with E-state index in [0.717, 1.165) is 62.9 Å². The van der Waals surface area contributed by atoms with Crippen LogP contribution in [0.25, 0.3) is 6.08 Å². The standard InChI is InChI=1S/C36H44N4O3/c1-34(2)15-17-40-18-16-35(3,4)30-31(40)29(34)21-25(33(30)42-20-12-8-7-11-19-41)13-9-10-14-28-27(24-39)32(26(22-37)23-38)43-36(28,5)6/h9-10,13-14,21,41H,7-8,11-12,15-20H2,1-6H3/b13-9+,14-10+. The molecule has 0 bridgehead atoms. The second kappa shape index (κ2) is 12.7. The minimum absolute atomic E-state index is 0.0366. The normalized spacial score (nSPS) is 19.5. The monoisotopic (exact) mass is 580 g/mol. The number of rotatable bonds is 10. The molecule has 1 aromatic rings. The van der Waals surface area contributed by atoms with E-state index in [1.54, 1.807) is 0 Å². The first-order chi connectivity index (χ1) is 20.4. The highest BCUT2D eigenvalue weighted by Crippen LogP contribution is 2.54. The van der Waals surface area contributed by atoms with Crippen LogP contribution in [0.1, 0.15) is 96.8 Å². The van der Waals surface area contributed by atoms with Crippen molar-refractivity contribution in [1.82, 2.24) is 0 Å².